The first-order chi connectivity index (χ1) is 15.2. The first-order valence-electron chi connectivity index (χ1n) is 9.77. The maximum atomic E-state index is 13.0. The lowest BCUT2D eigenvalue weighted by Gasteiger charge is -2.33. The van der Waals surface area contributed by atoms with E-state index in [1.165, 1.54) is 11.2 Å². The van der Waals surface area contributed by atoms with E-state index in [-0.39, 0.29) is 37.8 Å². The van der Waals surface area contributed by atoms with Gasteiger partial charge in [-0.25, -0.2) is 8.42 Å². The van der Waals surface area contributed by atoms with Gasteiger partial charge in [-0.2, -0.15) is 17.5 Å². The molecule has 1 saturated heterocycles. The Hall–Kier alpha value is -3.11. The zero-order chi connectivity index (χ0) is 22.9. The summed E-state index contributed by atoms with van der Waals surface area (Å²) >= 11 is 0. The highest BCUT2D eigenvalue weighted by Crippen LogP contribution is 2.31. The van der Waals surface area contributed by atoms with Crippen molar-refractivity contribution in [3.63, 3.8) is 0 Å². The number of benzene rings is 2. The van der Waals surface area contributed by atoms with Gasteiger partial charge in [-0.1, -0.05) is 36.4 Å². The van der Waals surface area contributed by atoms with Gasteiger partial charge in [0, 0.05) is 31.7 Å². The normalized spacial score (nSPS) is 15.7. The summed E-state index contributed by atoms with van der Waals surface area (Å²) in [5.74, 6) is -0.213. The minimum absolute atomic E-state index is 0.0360. The van der Waals surface area contributed by atoms with E-state index in [0.717, 1.165) is 28.1 Å². The number of hydrogen-bond donors (Lipinski definition) is 0. The molecular formula is C22H19F3N2O4S. The lowest BCUT2D eigenvalue weighted by atomic mass is 10.1. The van der Waals surface area contributed by atoms with E-state index in [1.807, 2.05) is 30.3 Å². The number of furan rings is 1. The molecule has 1 aliphatic rings. The van der Waals surface area contributed by atoms with Crippen molar-refractivity contribution in [1.82, 2.24) is 9.21 Å². The molecule has 2 heterocycles. The van der Waals surface area contributed by atoms with E-state index in [0.29, 0.717) is 11.6 Å². The standard InChI is InChI=1S/C22H19F3N2O4S/c23-22(24,25)17-7-4-8-18(15-17)32(29,30)27-12-10-26(11-13-27)21(28)20-19(9-14-31-20)16-5-2-1-3-6-16/h1-9,14-15H,10-13H2. The Morgan fingerprint density at radius 3 is 2.25 bits per heavy atom. The van der Waals surface area contributed by atoms with E-state index in [9.17, 15) is 26.4 Å². The summed E-state index contributed by atoms with van der Waals surface area (Å²) in [4.78, 5) is 14.0. The van der Waals surface area contributed by atoms with Crippen LogP contribution < -0.4 is 0 Å². The van der Waals surface area contributed by atoms with Crippen molar-refractivity contribution in [2.75, 3.05) is 26.2 Å². The van der Waals surface area contributed by atoms with Crippen LogP contribution in [0, 0.1) is 0 Å². The lowest BCUT2D eigenvalue weighted by Crippen LogP contribution is -2.50. The van der Waals surface area contributed by atoms with Crippen LogP contribution >= 0.6 is 0 Å². The van der Waals surface area contributed by atoms with Crippen molar-refractivity contribution in [2.45, 2.75) is 11.1 Å². The summed E-state index contributed by atoms with van der Waals surface area (Å²) < 4.78 is 71.1. The second-order valence-electron chi connectivity index (χ2n) is 7.25. The maximum absolute atomic E-state index is 13.0. The monoisotopic (exact) mass is 464 g/mol. The van der Waals surface area contributed by atoms with Crippen molar-refractivity contribution in [2.24, 2.45) is 0 Å². The lowest BCUT2D eigenvalue weighted by molar-refractivity contribution is -0.137. The fourth-order valence-corrected chi connectivity index (χ4v) is 5.05. The van der Waals surface area contributed by atoms with Crippen molar-refractivity contribution in [3.8, 4) is 11.1 Å². The highest BCUT2D eigenvalue weighted by Gasteiger charge is 2.35. The highest BCUT2D eigenvalue weighted by molar-refractivity contribution is 7.89. The Morgan fingerprint density at radius 1 is 0.906 bits per heavy atom. The number of carbonyl (C=O) groups excluding carboxylic acids is 1. The highest BCUT2D eigenvalue weighted by atomic mass is 32.2. The second-order valence-corrected chi connectivity index (χ2v) is 9.19. The van der Waals surface area contributed by atoms with Gasteiger partial charge in [0.25, 0.3) is 5.91 Å². The quantitative estimate of drug-likeness (QED) is 0.583. The third-order valence-electron chi connectivity index (χ3n) is 5.27. The minimum Gasteiger partial charge on any atom is -0.459 e. The average Bonchev–Trinajstić information content (AvgIpc) is 3.29. The summed E-state index contributed by atoms with van der Waals surface area (Å²) in [6.45, 7) is 0.106. The predicted molar refractivity (Wildman–Crippen MR) is 110 cm³/mol. The van der Waals surface area contributed by atoms with E-state index in [1.54, 1.807) is 6.07 Å². The Kier molecular flexibility index (Phi) is 5.83. The number of sulfonamides is 1. The van der Waals surface area contributed by atoms with Gasteiger partial charge in [0.15, 0.2) is 5.76 Å². The summed E-state index contributed by atoms with van der Waals surface area (Å²) in [5, 5.41) is 0. The molecule has 0 bridgehead atoms. The molecule has 3 aromatic rings. The van der Waals surface area contributed by atoms with Gasteiger partial charge >= 0.3 is 6.18 Å². The molecule has 0 unspecified atom stereocenters. The zero-order valence-electron chi connectivity index (χ0n) is 16.7. The molecule has 0 atom stereocenters. The van der Waals surface area contributed by atoms with Crippen LogP contribution in [0.1, 0.15) is 16.1 Å². The van der Waals surface area contributed by atoms with Gasteiger partial charge in [-0.05, 0) is 29.8 Å². The fraction of sp³-hybridized carbons (Fsp3) is 0.227. The first kappa shape index (κ1) is 22.1. The molecule has 0 N–H and O–H groups in total. The Balaban J connectivity index is 1.48. The number of amides is 1. The summed E-state index contributed by atoms with van der Waals surface area (Å²) in [7, 11) is -4.13. The summed E-state index contributed by atoms with van der Waals surface area (Å²) in [6.07, 6.45) is -3.22. The molecule has 0 spiro atoms. The van der Waals surface area contributed by atoms with Crippen LogP contribution in [0.15, 0.2) is 76.2 Å². The molecule has 1 aliphatic heterocycles. The third-order valence-corrected chi connectivity index (χ3v) is 7.16. The van der Waals surface area contributed by atoms with Crippen molar-refractivity contribution in [1.29, 1.82) is 0 Å². The van der Waals surface area contributed by atoms with Gasteiger partial charge in [0.1, 0.15) is 0 Å². The number of alkyl halides is 3. The number of halogens is 3. The minimum atomic E-state index is -4.64. The van der Waals surface area contributed by atoms with Crippen molar-refractivity contribution < 1.29 is 30.8 Å². The smallest absolute Gasteiger partial charge is 0.416 e. The Labute approximate surface area is 182 Å². The second kappa shape index (κ2) is 8.44. The summed E-state index contributed by atoms with van der Waals surface area (Å²) in [6, 6.07) is 14.6. The van der Waals surface area contributed by atoms with E-state index >= 15 is 0 Å². The number of piperazine rings is 1. The molecule has 1 fully saturated rings. The molecule has 168 valence electrons. The van der Waals surface area contributed by atoms with Crippen molar-refractivity contribution >= 4 is 15.9 Å². The van der Waals surface area contributed by atoms with E-state index < -0.39 is 26.7 Å². The van der Waals surface area contributed by atoms with E-state index in [2.05, 4.69) is 0 Å². The molecule has 0 aliphatic carbocycles. The molecule has 2 aromatic carbocycles. The Morgan fingerprint density at radius 2 is 1.59 bits per heavy atom. The molecule has 6 nitrogen and oxygen atoms in total. The van der Waals surface area contributed by atoms with Gasteiger partial charge in [-0.15, -0.1) is 0 Å². The van der Waals surface area contributed by atoms with Gasteiger partial charge in [0.05, 0.1) is 16.7 Å². The number of carbonyl (C=O) groups is 1. The van der Waals surface area contributed by atoms with Crippen LogP contribution in [0.2, 0.25) is 0 Å². The van der Waals surface area contributed by atoms with Crippen LogP contribution in [0.4, 0.5) is 13.2 Å². The maximum Gasteiger partial charge on any atom is 0.416 e. The van der Waals surface area contributed by atoms with E-state index in [4.69, 9.17) is 4.42 Å². The van der Waals surface area contributed by atoms with Crippen LogP contribution in [0.5, 0.6) is 0 Å². The predicted octanol–water partition coefficient (Wildman–Crippen LogP) is 4.11. The van der Waals surface area contributed by atoms with Crippen molar-refractivity contribution in [3.05, 3.63) is 78.3 Å². The van der Waals surface area contributed by atoms with Crippen LogP contribution in [0.3, 0.4) is 0 Å². The van der Waals surface area contributed by atoms with Gasteiger partial charge in [-0.3, -0.25) is 4.79 Å². The van der Waals surface area contributed by atoms with Crippen LogP contribution in [-0.2, 0) is 16.2 Å². The molecule has 10 heteroatoms. The SMILES string of the molecule is O=C(c1occc1-c1ccccc1)N1CCN(S(=O)(=O)c2cccc(C(F)(F)F)c2)CC1. The number of rotatable bonds is 4. The van der Waals surface area contributed by atoms with Crippen LogP contribution in [0.25, 0.3) is 11.1 Å². The summed E-state index contributed by atoms with van der Waals surface area (Å²) in [5.41, 5.74) is 0.420. The Bertz CT molecular complexity index is 1220. The molecule has 1 amide bonds. The third kappa shape index (κ3) is 4.28. The average molecular weight is 464 g/mol. The molecular weight excluding hydrogens is 445 g/mol. The number of hydrogen-bond acceptors (Lipinski definition) is 4. The molecule has 1 aromatic heterocycles. The zero-order valence-corrected chi connectivity index (χ0v) is 17.6. The fourth-order valence-electron chi connectivity index (χ4n) is 3.58. The molecule has 0 radical (unpaired) electrons. The molecule has 0 saturated carbocycles. The largest absolute Gasteiger partial charge is 0.459 e. The molecule has 4 rings (SSSR count). The van der Waals surface area contributed by atoms with Gasteiger partial charge in [0.2, 0.25) is 10.0 Å². The number of nitrogens with zero attached hydrogens (tertiary/aromatic N) is 2. The van der Waals surface area contributed by atoms with Gasteiger partial charge < -0.3 is 9.32 Å². The molecule has 32 heavy (non-hydrogen) atoms. The topological polar surface area (TPSA) is 70.8 Å². The van der Waals surface area contributed by atoms with Crippen LogP contribution in [-0.4, -0.2) is 49.7 Å². The first-order valence-corrected chi connectivity index (χ1v) is 11.2.